The molecule has 0 unspecified atom stereocenters. The fourth-order valence-electron chi connectivity index (χ4n) is 3.69. The number of aromatic nitrogens is 1. The maximum absolute atomic E-state index is 12.9. The Morgan fingerprint density at radius 2 is 1.61 bits per heavy atom. The van der Waals surface area contributed by atoms with Gasteiger partial charge in [0.05, 0.1) is 16.2 Å². The van der Waals surface area contributed by atoms with E-state index in [2.05, 4.69) is 17.1 Å². The van der Waals surface area contributed by atoms with Crippen molar-refractivity contribution >= 4 is 21.0 Å². The van der Waals surface area contributed by atoms with E-state index >= 15 is 0 Å². The lowest BCUT2D eigenvalue weighted by molar-refractivity contribution is -0.137. The number of benzene rings is 1. The molecule has 2 aromatic rings. The molecule has 1 aromatic heterocycles. The molecule has 28 heavy (non-hydrogen) atoms. The van der Waals surface area contributed by atoms with E-state index < -0.39 is 21.6 Å². The highest BCUT2D eigenvalue weighted by atomic mass is 32.2. The third-order valence-corrected chi connectivity index (χ3v) is 6.50. The molecular formula is C21H18F3NO2S. The van der Waals surface area contributed by atoms with Crippen molar-refractivity contribution in [2.75, 3.05) is 6.26 Å². The average Bonchev–Trinajstić information content (AvgIpc) is 3.02. The summed E-state index contributed by atoms with van der Waals surface area (Å²) in [5, 5.41) is 0. The van der Waals surface area contributed by atoms with Crippen molar-refractivity contribution in [2.45, 2.75) is 30.3 Å². The van der Waals surface area contributed by atoms with Gasteiger partial charge in [-0.2, -0.15) is 13.2 Å². The first kappa shape index (κ1) is 18.9. The monoisotopic (exact) mass is 405 g/mol. The summed E-state index contributed by atoms with van der Waals surface area (Å²) in [7, 11) is -3.35. The van der Waals surface area contributed by atoms with Crippen molar-refractivity contribution < 1.29 is 21.6 Å². The van der Waals surface area contributed by atoms with Crippen molar-refractivity contribution in [3.63, 3.8) is 0 Å². The van der Waals surface area contributed by atoms with E-state index in [1.165, 1.54) is 24.4 Å². The lowest BCUT2D eigenvalue weighted by Gasteiger charge is -2.34. The molecule has 2 aliphatic rings. The predicted molar refractivity (Wildman–Crippen MR) is 101 cm³/mol. The van der Waals surface area contributed by atoms with Crippen LogP contribution in [0.3, 0.4) is 0 Å². The minimum atomic E-state index is -4.38. The smallest absolute Gasteiger partial charge is 0.255 e. The van der Waals surface area contributed by atoms with Gasteiger partial charge in [0.15, 0.2) is 9.84 Å². The number of sulfone groups is 1. The molecule has 0 bridgehead atoms. The molecule has 0 saturated heterocycles. The largest absolute Gasteiger partial charge is 0.416 e. The van der Waals surface area contributed by atoms with E-state index in [0.717, 1.165) is 48.8 Å². The molecule has 0 atom stereocenters. The Bertz CT molecular complexity index is 1080. The number of alkyl halides is 3. The number of halogens is 3. The molecule has 1 aromatic carbocycles. The predicted octanol–water partition coefficient (Wildman–Crippen LogP) is 5.15. The molecule has 1 heterocycles. The molecular weight excluding hydrogens is 387 g/mol. The van der Waals surface area contributed by atoms with Gasteiger partial charge in [0.2, 0.25) is 0 Å². The first-order valence-corrected chi connectivity index (χ1v) is 10.8. The van der Waals surface area contributed by atoms with E-state index in [4.69, 9.17) is 0 Å². The molecule has 0 amide bonds. The highest BCUT2D eigenvalue weighted by Crippen LogP contribution is 2.53. The molecule has 7 heteroatoms. The SMILES string of the molecule is CS(=O)(=O)c1ccc(C2=CC3(C=C2c2ccc(C(F)(F)F)cc2)CCC3)nc1. The zero-order valence-electron chi connectivity index (χ0n) is 15.1. The van der Waals surface area contributed by atoms with Crippen LogP contribution in [0.2, 0.25) is 0 Å². The van der Waals surface area contributed by atoms with Crippen LogP contribution in [0, 0.1) is 5.41 Å². The number of rotatable bonds is 3. The Labute approximate surface area is 161 Å². The third kappa shape index (κ3) is 3.39. The first-order chi connectivity index (χ1) is 13.1. The maximum atomic E-state index is 12.9. The highest BCUT2D eigenvalue weighted by Gasteiger charge is 2.39. The van der Waals surface area contributed by atoms with Crippen LogP contribution >= 0.6 is 0 Å². The topological polar surface area (TPSA) is 47.0 Å². The fraction of sp³-hybridized carbons (Fsp3) is 0.286. The number of nitrogens with zero attached hydrogens (tertiary/aromatic N) is 1. The van der Waals surface area contributed by atoms with Gasteiger partial charge < -0.3 is 0 Å². The minimum absolute atomic E-state index is 0.0788. The van der Waals surface area contributed by atoms with Crippen LogP contribution in [-0.4, -0.2) is 19.7 Å². The summed E-state index contributed by atoms with van der Waals surface area (Å²) in [6, 6.07) is 8.28. The Morgan fingerprint density at radius 1 is 0.964 bits per heavy atom. The quantitative estimate of drug-likeness (QED) is 0.709. The molecule has 2 aliphatic carbocycles. The van der Waals surface area contributed by atoms with E-state index in [1.807, 2.05) is 0 Å². The molecule has 1 saturated carbocycles. The second-order valence-corrected chi connectivity index (χ2v) is 9.44. The number of pyridine rings is 1. The van der Waals surface area contributed by atoms with Crippen LogP contribution in [0.15, 0.2) is 59.6 Å². The normalized spacial score (nSPS) is 18.6. The van der Waals surface area contributed by atoms with Gasteiger partial charge in [-0.05, 0) is 48.2 Å². The highest BCUT2D eigenvalue weighted by molar-refractivity contribution is 7.90. The van der Waals surface area contributed by atoms with Crippen LogP contribution in [0.25, 0.3) is 11.1 Å². The Kier molecular flexibility index (Phi) is 4.26. The van der Waals surface area contributed by atoms with Gasteiger partial charge in [0.1, 0.15) is 0 Å². The van der Waals surface area contributed by atoms with Crippen molar-refractivity contribution in [1.82, 2.24) is 4.98 Å². The fourth-order valence-corrected chi connectivity index (χ4v) is 4.25. The molecule has 0 radical (unpaired) electrons. The summed E-state index contributed by atoms with van der Waals surface area (Å²) in [5.41, 5.74) is 2.21. The van der Waals surface area contributed by atoms with Crippen LogP contribution in [0.1, 0.15) is 36.1 Å². The molecule has 0 aliphatic heterocycles. The average molecular weight is 405 g/mol. The Hall–Kier alpha value is -2.41. The summed E-state index contributed by atoms with van der Waals surface area (Å²) >= 11 is 0. The zero-order chi connectivity index (χ0) is 20.2. The Morgan fingerprint density at radius 3 is 2.07 bits per heavy atom. The Balaban J connectivity index is 1.74. The van der Waals surface area contributed by atoms with Crippen LogP contribution < -0.4 is 0 Å². The van der Waals surface area contributed by atoms with Gasteiger partial charge in [-0.3, -0.25) is 4.98 Å². The van der Waals surface area contributed by atoms with E-state index in [9.17, 15) is 21.6 Å². The standard InChI is InChI=1S/C21H18F3NO2S/c1-28(26,27)16-7-8-19(25-13-16)18-12-20(9-2-10-20)11-17(18)14-3-5-15(6-4-14)21(22,23)24/h3-8,11-13H,2,9-10H2,1H3. The van der Waals surface area contributed by atoms with Crippen LogP contribution in [0.5, 0.6) is 0 Å². The van der Waals surface area contributed by atoms with Crippen LogP contribution in [-0.2, 0) is 16.0 Å². The summed E-state index contributed by atoms with van der Waals surface area (Å²) in [6.07, 6.45) is 5.37. The van der Waals surface area contributed by atoms with Crippen LogP contribution in [0.4, 0.5) is 13.2 Å². The maximum Gasteiger partial charge on any atom is 0.416 e. The lowest BCUT2D eigenvalue weighted by atomic mass is 9.70. The van der Waals surface area contributed by atoms with E-state index in [-0.39, 0.29) is 10.3 Å². The van der Waals surface area contributed by atoms with Crippen molar-refractivity contribution in [3.05, 3.63) is 71.6 Å². The molecule has 0 N–H and O–H groups in total. The van der Waals surface area contributed by atoms with E-state index in [0.29, 0.717) is 11.3 Å². The summed E-state index contributed by atoms with van der Waals surface area (Å²) in [4.78, 5) is 4.45. The number of hydrogen-bond donors (Lipinski definition) is 0. The second-order valence-electron chi connectivity index (χ2n) is 7.43. The third-order valence-electron chi connectivity index (χ3n) is 5.40. The van der Waals surface area contributed by atoms with Gasteiger partial charge in [-0.25, -0.2) is 8.42 Å². The van der Waals surface area contributed by atoms with Gasteiger partial charge in [-0.1, -0.05) is 30.7 Å². The van der Waals surface area contributed by atoms with Crippen molar-refractivity contribution in [1.29, 1.82) is 0 Å². The van der Waals surface area contributed by atoms with E-state index in [1.54, 1.807) is 6.07 Å². The molecule has 4 rings (SSSR count). The van der Waals surface area contributed by atoms with Gasteiger partial charge in [0, 0.05) is 23.4 Å². The van der Waals surface area contributed by atoms with Crippen molar-refractivity contribution in [2.24, 2.45) is 5.41 Å². The van der Waals surface area contributed by atoms with Crippen molar-refractivity contribution in [3.8, 4) is 0 Å². The first-order valence-electron chi connectivity index (χ1n) is 8.88. The lowest BCUT2D eigenvalue weighted by Crippen LogP contribution is -2.22. The summed E-state index contributed by atoms with van der Waals surface area (Å²) in [5.74, 6) is 0. The number of hydrogen-bond acceptors (Lipinski definition) is 3. The second kappa shape index (κ2) is 6.30. The molecule has 146 valence electrons. The zero-order valence-corrected chi connectivity index (χ0v) is 15.9. The summed E-state index contributed by atoms with van der Waals surface area (Å²) < 4.78 is 62.0. The van der Waals surface area contributed by atoms with Gasteiger partial charge in [-0.15, -0.1) is 0 Å². The molecule has 1 spiro atoms. The summed E-state index contributed by atoms with van der Waals surface area (Å²) in [6.45, 7) is 0. The van der Waals surface area contributed by atoms with Gasteiger partial charge >= 0.3 is 6.18 Å². The number of allylic oxidation sites excluding steroid dienone is 4. The minimum Gasteiger partial charge on any atom is -0.255 e. The molecule has 3 nitrogen and oxygen atoms in total. The molecule has 1 fully saturated rings. The van der Waals surface area contributed by atoms with Gasteiger partial charge in [0.25, 0.3) is 0 Å².